The first-order valence-corrected chi connectivity index (χ1v) is 15.8. The van der Waals surface area contributed by atoms with E-state index in [0.717, 1.165) is 0 Å². The Labute approximate surface area is 262 Å². The molecule has 2 aliphatic rings. The molecule has 6 aromatic carbocycles. The lowest BCUT2D eigenvalue weighted by atomic mass is 9.81. The van der Waals surface area contributed by atoms with Crippen LogP contribution < -0.4 is 0 Å². The van der Waals surface area contributed by atoms with Crippen molar-refractivity contribution in [2.75, 3.05) is 0 Å². The van der Waals surface area contributed by atoms with Gasteiger partial charge in [-0.3, -0.25) is 0 Å². The standard InChI is InChI=1S/C44H38/c1-27-19-31(29-15-17-37-35-11-7-9-13-39(35)43(3,4)41(37)25-29)23-33(21-27)34-22-28(2)20-32(24-34)30-16-18-38-36-12-8-10-14-40(36)44(5,6)42(38)26-30/h7-26H,1-6H3. The van der Waals surface area contributed by atoms with Gasteiger partial charge < -0.3 is 0 Å². The van der Waals surface area contributed by atoms with E-state index in [9.17, 15) is 0 Å². The molecule has 0 saturated heterocycles. The molecule has 6 aromatic rings. The van der Waals surface area contributed by atoms with Gasteiger partial charge in [-0.2, -0.15) is 0 Å². The van der Waals surface area contributed by atoms with Crippen LogP contribution in [0.1, 0.15) is 61.1 Å². The molecule has 0 amide bonds. The van der Waals surface area contributed by atoms with Gasteiger partial charge in [0, 0.05) is 10.8 Å². The maximum atomic E-state index is 2.43. The average Bonchev–Trinajstić information content (AvgIpc) is 3.40. The molecular formula is C44H38. The number of fused-ring (bicyclic) bond motifs is 6. The number of hydrogen-bond donors (Lipinski definition) is 0. The van der Waals surface area contributed by atoms with Crippen molar-refractivity contribution < 1.29 is 0 Å². The molecule has 0 radical (unpaired) electrons. The molecule has 0 fully saturated rings. The van der Waals surface area contributed by atoms with Crippen molar-refractivity contribution in [1.29, 1.82) is 0 Å². The predicted octanol–water partition coefficient (Wildman–Crippen LogP) is 11.9. The number of aryl methyl sites for hydroxylation is 2. The molecule has 0 aromatic heterocycles. The van der Waals surface area contributed by atoms with Crippen LogP contribution in [0, 0.1) is 13.8 Å². The summed E-state index contributed by atoms with van der Waals surface area (Å²) in [6, 6.07) is 46.0. The first-order chi connectivity index (χ1) is 21.1. The minimum Gasteiger partial charge on any atom is -0.0619 e. The van der Waals surface area contributed by atoms with Gasteiger partial charge in [0.2, 0.25) is 0 Å². The summed E-state index contributed by atoms with van der Waals surface area (Å²) in [5, 5.41) is 0. The van der Waals surface area contributed by atoms with Crippen molar-refractivity contribution in [2.45, 2.75) is 52.4 Å². The van der Waals surface area contributed by atoms with Crippen molar-refractivity contribution in [1.82, 2.24) is 0 Å². The van der Waals surface area contributed by atoms with Gasteiger partial charge >= 0.3 is 0 Å². The Kier molecular flexibility index (Phi) is 5.75. The number of hydrogen-bond acceptors (Lipinski definition) is 0. The summed E-state index contributed by atoms with van der Waals surface area (Å²) in [6.07, 6.45) is 0. The second-order valence-corrected chi connectivity index (χ2v) is 14.0. The molecular weight excluding hydrogens is 528 g/mol. The molecule has 8 rings (SSSR count). The van der Waals surface area contributed by atoms with Gasteiger partial charge in [0.25, 0.3) is 0 Å². The molecule has 0 bridgehead atoms. The molecule has 44 heavy (non-hydrogen) atoms. The van der Waals surface area contributed by atoms with Crippen molar-refractivity contribution >= 4 is 0 Å². The summed E-state index contributed by atoms with van der Waals surface area (Å²) in [5.74, 6) is 0. The van der Waals surface area contributed by atoms with Crippen LogP contribution in [-0.2, 0) is 10.8 Å². The summed E-state index contributed by atoms with van der Waals surface area (Å²) in [6.45, 7) is 13.9. The van der Waals surface area contributed by atoms with Crippen molar-refractivity contribution in [3.05, 3.63) is 155 Å². The van der Waals surface area contributed by atoms with Gasteiger partial charge in [0.15, 0.2) is 0 Å². The zero-order valence-corrected chi connectivity index (χ0v) is 26.5. The molecule has 0 saturated carbocycles. The monoisotopic (exact) mass is 566 g/mol. The van der Waals surface area contributed by atoms with Gasteiger partial charge in [-0.15, -0.1) is 0 Å². The van der Waals surface area contributed by atoms with E-state index >= 15 is 0 Å². The molecule has 0 N–H and O–H groups in total. The van der Waals surface area contributed by atoms with Crippen molar-refractivity contribution in [2.24, 2.45) is 0 Å². The van der Waals surface area contributed by atoms with E-state index < -0.39 is 0 Å². The Bertz CT molecular complexity index is 1980. The van der Waals surface area contributed by atoms with Crippen LogP contribution in [0.3, 0.4) is 0 Å². The largest absolute Gasteiger partial charge is 0.0619 e. The quantitative estimate of drug-likeness (QED) is 0.200. The van der Waals surface area contributed by atoms with Crippen LogP contribution >= 0.6 is 0 Å². The van der Waals surface area contributed by atoms with E-state index in [1.807, 2.05) is 0 Å². The third kappa shape index (κ3) is 3.97. The lowest BCUT2D eigenvalue weighted by molar-refractivity contribution is 0.660. The lowest BCUT2D eigenvalue weighted by Gasteiger charge is -2.22. The Morgan fingerprint density at radius 1 is 0.318 bits per heavy atom. The highest BCUT2D eigenvalue weighted by molar-refractivity contribution is 5.86. The van der Waals surface area contributed by atoms with Crippen LogP contribution in [0.5, 0.6) is 0 Å². The Morgan fingerprint density at radius 2 is 0.659 bits per heavy atom. The van der Waals surface area contributed by atoms with Crippen LogP contribution in [0.2, 0.25) is 0 Å². The van der Waals surface area contributed by atoms with E-state index in [4.69, 9.17) is 0 Å². The fourth-order valence-corrected chi connectivity index (χ4v) is 8.00. The zero-order valence-electron chi connectivity index (χ0n) is 26.5. The predicted molar refractivity (Wildman–Crippen MR) is 187 cm³/mol. The summed E-state index contributed by atoms with van der Waals surface area (Å²) in [7, 11) is 0. The smallest absolute Gasteiger partial charge is 0.0159 e. The molecule has 0 nitrogen and oxygen atoms in total. The third-order valence-corrected chi connectivity index (χ3v) is 10.3. The van der Waals surface area contributed by atoms with E-state index in [1.54, 1.807) is 0 Å². The van der Waals surface area contributed by atoms with Crippen LogP contribution in [0.25, 0.3) is 55.6 Å². The van der Waals surface area contributed by atoms with Gasteiger partial charge in [-0.25, -0.2) is 0 Å². The fourth-order valence-electron chi connectivity index (χ4n) is 8.00. The SMILES string of the molecule is Cc1cc(-c2cc(C)cc(-c3ccc4c(c3)C(C)(C)c3ccccc3-4)c2)cc(-c2ccc3c(c2)C(C)(C)c2ccccc2-3)c1. The molecule has 0 unspecified atom stereocenters. The number of benzene rings is 6. The van der Waals surface area contributed by atoms with E-state index in [0.29, 0.717) is 0 Å². The molecule has 2 aliphatic carbocycles. The molecule has 214 valence electrons. The van der Waals surface area contributed by atoms with Crippen LogP contribution in [0.15, 0.2) is 121 Å². The van der Waals surface area contributed by atoms with Crippen LogP contribution in [-0.4, -0.2) is 0 Å². The van der Waals surface area contributed by atoms with Gasteiger partial charge in [0.1, 0.15) is 0 Å². The Hall–Kier alpha value is -4.68. The number of rotatable bonds is 3. The van der Waals surface area contributed by atoms with Gasteiger partial charge in [-0.1, -0.05) is 125 Å². The topological polar surface area (TPSA) is 0 Å². The minimum atomic E-state index is -0.00811. The van der Waals surface area contributed by atoms with E-state index in [-0.39, 0.29) is 10.8 Å². The maximum absolute atomic E-state index is 2.43. The molecule has 0 aliphatic heterocycles. The van der Waals surface area contributed by atoms with E-state index in [1.165, 1.54) is 89.0 Å². The van der Waals surface area contributed by atoms with Crippen LogP contribution in [0.4, 0.5) is 0 Å². The summed E-state index contributed by atoms with van der Waals surface area (Å²) >= 11 is 0. The lowest BCUT2D eigenvalue weighted by Crippen LogP contribution is -2.14. The summed E-state index contributed by atoms with van der Waals surface area (Å²) in [5.41, 5.74) is 21.3. The molecule has 0 spiro atoms. The van der Waals surface area contributed by atoms with E-state index in [2.05, 4.69) is 163 Å². The second-order valence-electron chi connectivity index (χ2n) is 14.0. The minimum absolute atomic E-state index is 0.00811. The molecule has 0 heterocycles. The van der Waals surface area contributed by atoms with Crippen molar-refractivity contribution in [3.8, 4) is 55.6 Å². The fraction of sp³-hybridized carbons (Fsp3) is 0.182. The summed E-state index contributed by atoms with van der Waals surface area (Å²) in [4.78, 5) is 0. The van der Waals surface area contributed by atoms with Gasteiger partial charge in [-0.05, 0) is 127 Å². The first kappa shape index (κ1) is 26.9. The summed E-state index contributed by atoms with van der Waals surface area (Å²) < 4.78 is 0. The van der Waals surface area contributed by atoms with Gasteiger partial charge in [0.05, 0.1) is 0 Å². The van der Waals surface area contributed by atoms with Crippen molar-refractivity contribution in [3.63, 3.8) is 0 Å². The molecule has 0 heteroatoms. The highest BCUT2D eigenvalue weighted by Gasteiger charge is 2.36. The maximum Gasteiger partial charge on any atom is 0.0159 e. The normalized spacial score (nSPS) is 15.0. The highest BCUT2D eigenvalue weighted by atomic mass is 14.4. The molecule has 0 atom stereocenters. The third-order valence-electron chi connectivity index (χ3n) is 10.3. The first-order valence-electron chi connectivity index (χ1n) is 15.8. The highest BCUT2D eigenvalue weighted by Crippen LogP contribution is 2.51. The Balaban J connectivity index is 1.20. The Morgan fingerprint density at radius 3 is 1.07 bits per heavy atom. The average molecular weight is 567 g/mol. The zero-order chi connectivity index (χ0) is 30.4. The second kappa shape index (κ2) is 9.41.